The molecule has 1 saturated heterocycles. The Labute approximate surface area is 187 Å². The lowest BCUT2D eigenvalue weighted by Crippen LogP contribution is -2.42. The second-order valence-corrected chi connectivity index (χ2v) is 7.47. The van der Waals surface area contributed by atoms with Crippen molar-refractivity contribution in [2.24, 2.45) is 4.99 Å². The first-order valence-electron chi connectivity index (χ1n) is 10.4. The van der Waals surface area contributed by atoms with Crippen molar-refractivity contribution in [1.82, 2.24) is 15.6 Å². The maximum atomic E-state index is 5.63. The molecule has 2 unspecified atom stereocenters. The first-order valence-corrected chi connectivity index (χ1v) is 10.4. The molecule has 0 spiro atoms. The Balaban J connectivity index is 0.00000392. The van der Waals surface area contributed by atoms with Gasteiger partial charge in [-0.15, -0.1) is 24.0 Å². The van der Waals surface area contributed by atoms with Gasteiger partial charge in [0.1, 0.15) is 5.82 Å². The summed E-state index contributed by atoms with van der Waals surface area (Å²) in [7, 11) is 1.83. The number of rotatable bonds is 9. The smallest absolute Gasteiger partial charge is 0.191 e. The maximum absolute atomic E-state index is 5.63. The Hall–Kier alpha value is -1.09. The summed E-state index contributed by atoms with van der Waals surface area (Å²) in [4.78, 5) is 11.2. The first kappa shape index (κ1) is 24.9. The summed E-state index contributed by atoms with van der Waals surface area (Å²) in [6.07, 6.45) is 8.51. The van der Waals surface area contributed by atoms with Crippen LogP contribution in [0, 0.1) is 0 Å². The number of hydrogen-bond donors (Lipinski definition) is 2. The van der Waals surface area contributed by atoms with Crippen LogP contribution in [-0.2, 0) is 11.3 Å². The fourth-order valence-corrected chi connectivity index (χ4v) is 3.33. The average Bonchev–Trinajstić information content (AvgIpc) is 2.68. The highest BCUT2D eigenvalue weighted by Crippen LogP contribution is 2.16. The van der Waals surface area contributed by atoms with E-state index in [0.717, 1.165) is 38.0 Å². The third-order valence-electron chi connectivity index (χ3n) is 4.93. The highest BCUT2D eigenvalue weighted by Gasteiger charge is 2.18. The molecule has 160 valence electrons. The second-order valence-electron chi connectivity index (χ2n) is 7.47. The topological polar surface area (TPSA) is 61.8 Å². The third kappa shape index (κ3) is 8.94. The lowest BCUT2D eigenvalue weighted by molar-refractivity contribution is 0.0529. The Morgan fingerprint density at radius 1 is 1.39 bits per heavy atom. The number of hydrogen-bond acceptors (Lipinski definition) is 4. The Kier molecular flexibility index (Phi) is 12.5. The highest BCUT2D eigenvalue weighted by atomic mass is 127. The van der Waals surface area contributed by atoms with Gasteiger partial charge in [0.25, 0.3) is 0 Å². The van der Waals surface area contributed by atoms with Crippen LogP contribution in [0.15, 0.2) is 23.3 Å². The van der Waals surface area contributed by atoms with Gasteiger partial charge in [-0.25, -0.2) is 4.98 Å². The molecule has 0 saturated carbocycles. The van der Waals surface area contributed by atoms with Crippen molar-refractivity contribution in [2.75, 3.05) is 31.6 Å². The number of aromatic nitrogens is 1. The Morgan fingerprint density at radius 2 is 2.21 bits per heavy atom. The normalized spacial score (nSPS) is 18.4. The van der Waals surface area contributed by atoms with Crippen LogP contribution in [-0.4, -0.2) is 49.8 Å². The third-order valence-corrected chi connectivity index (χ3v) is 4.93. The highest BCUT2D eigenvalue weighted by molar-refractivity contribution is 14.0. The van der Waals surface area contributed by atoms with Crippen molar-refractivity contribution < 1.29 is 4.74 Å². The van der Waals surface area contributed by atoms with Crippen LogP contribution in [0.4, 0.5) is 5.82 Å². The molecule has 0 radical (unpaired) electrons. The van der Waals surface area contributed by atoms with E-state index in [1.54, 1.807) is 0 Å². The standard InChI is InChI=1S/C21H37N5O.HI/c1-5-6-7-8-9-17(2)25-21(22-4)24-15-19-10-11-23-20(14-19)26-12-13-27-18(3)16-26;/h10-11,14,17-18H,5-9,12-13,15-16H2,1-4H3,(H2,22,24,25);1H. The number of guanidine groups is 1. The fraction of sp³-hybridized carbons (Fsp3) is 0.714. The van der Waals surface area contributed by atoms with Crippen LogP contribution in [0.5, 0.6) is 0 Å². The molecule has 6 nitrogen and oxygen atoms in total. The van der Waals surface area contributed by atoms with Gasteiger partial charge in [0.05, 0.1) is 12.7 Å². The van der Waals surface area contributed by atoms with Crippen molar-refractivity contribution in [2.45, 2.75) is 71.6 Å². The van der Waals surface area contributed by atoms with Crippen LogP contribution in [0.2, 0.25) is 0 Å². The number of halogens is 1. The summed E-state index contributed by atoms with van der Waals surface area (Å²) < 4.78 is 5.63. The van der Waals surface area contributed by atoms with E-state index in [-0.39, 0.29) is 30.1 Å². The summed E-state index contributed by atoms with van der Waals surface area (Å²) in [5, 5.41) is 6.92. The number of morpholine rings is 1. The number of pyridine rings is 1. The summed E-state index contributed by atoms with van der Waals surface area (Å²) in [6.45, 7) is 9.86. The van der Waals surface area contributed by atoms with Gasteiger partial charge in [-0.3, -0.25) is 4.99 Å². The van der Waals surface area contributed by atoms with Crippen molar-refractivity contribution in [1.29, 1.82) is 0 Å². The monoisotopic (exact) mass is 503 g/mol. The van der Waals surface area contributed by atoms with Gasteiger partial charge in [-0.2, -0.15) is 0 Å². The van der Waals surface area contributed by atoms with E-state index in [2.05, 4.69) is 58.4 Å². The number of ether oxygens (including phenoxy) is 1. The molecular weight excluding hydrogens is 465 g/mol. The molecule has 0 bridgehead atoms. The zero-order chi connectivity index (χ0) is 19.5. The van der Waals surface area contributed by atoms with Crippen molar-refractivity contribution >= 4 is 35.8 Å². The number of unbranched alkanes of at least 4 members (excludes halogenated alkanes) is 3. The SMILES string of the molecule is CCCCCCC(C)NC(=NC)NCc1ccnc(N2CCOC(C)C2)c1.I. The average molecular weight is 503 g/mol. The van der Waals surface area contributed by atoms with Gasteiger partial charge < -0.3 is 20.3 Å². The molecular formula is C21H38IN5O. The minimum atomic E-state index is 0. The number of nitrogens with one attached hydrogen (secondary N) is 2. The zero-order valence-corrected chi connectivity index (χ0v) is 20.2. The van der Waals surface area contributed by atoms with Crippen LogP contribution in [0.25, 0.3) is 0 Å². The molecule has 2 rings (SSSR count). The Morgan fingerprint density at radius 3 is 2.93 bits per heavy atom. The molecule has 2 heterocycles. The fourth-order valence-electron chi connectivity index (χ4n) is 3.33. The quantitative estimate of drug-likeness (QED) is 0.231. The van der Waals surface area contributed by atoms with E-state index in [1.807, 2.05) is 13.2 Å². The van der Waals surface area contributed by atoms with Gasteiger partial charge in [-0.1, -0.05) is 32.6 Å². The lowest BCUT2D eigenvalue weighted by atomic mass is 10.1. The van der Waals surface area contributed by atoms with Gasteiger partial charge in [0, 0.05) is 38.9 Å². The largest absolute Gasteiger partial charge is 0.375 e. The molecule has 1 aromatic heterocycles. The van der Waals surface area contributed by atoms with E-state index in [9.17, 15) is 0 Å². The Bertz CT molecular complexity index is 584. The molecule has 0 amide bonds. The van der Waals surface area contributed by atoms with E-state index < -0.39 is 0 Å². The van der Waals surface area contributed by atoms with Crippen molar-refractivity contribution in [3.05, 3.63) is 23.9 Å². The van der Waals surface area contributed by atoms with E-state index in [1.165, 1.54) is 37.7 Å². The van der Waals surface area contributed by atoms with Gasteiger partial charge in [-0.05, 0) is 38.0 Å². The molecule has 2 N–H and O–H groups in total. The van der Waals surface area contributed by atoms with Crippen molar-refractivity contribution in [3.63, 3.8) is 0 Å². The minimum Gasteiger partial charge on any atom is -0.375 e. The first-order chi connectivity index (χ1) is 13.1. The van der Waals surface area contributed by atoms with Crippen LogP contribution in [0.3, 0.4) is 0 Å². The zero-order valence-electron chi connectivity index (χ0n) is 17.9. The van der Waals surface area contributed by atoms with Gasteiger partial charge in [0.15, 0.2) is 5.96 Å². The summed E-state index contributed by atoms with van der Waals surface area (Å²) in [5.74, 6) is 1.88. The molecule has 7 heteroatoms. The molecule has 0 aromatic carbocycles. The van der Waals surface area contributed by atoms with E-state index in [0.29, 0.717) is 6.04 Å². The molecule has 2 atom stereocenters. The second kappa shape index (κ2) is 14.0. The van der Waals surface area contributed by atoms with Gasteiger partial charge >= 0.3 is 0 Å². The molecule has 0 aliphatic carbocycles. The summed E-state index contributed by atoms with van der Waals surface area (Å²) >= 11 is 0. The molecule has 1 aromatic rings. The molecule has 1 fully saturated rings. The van der Waals surface area contributed by atoms with Crippen molar-refractivity contribution in [3.8, 4) is 0 Å². The molecule has 1 aliphatic rings. The van der Waals surface area contributed by atoms with E-state index in [4.69, 9.17) is 4.74 Å². The summed E-state index contributed by atoms with van der Waals surface area (Å²) in [6, 6.07) is 4.64. The van der Waals surface area contributed by atoms with Crippen LogP contribution in [0.1, 0.15) is 58.4 Å². The molecule has 1 aliphatic heterocycles. The van der Waals surface area contributed by atoms with Gasteiger partial charge in [0.2, 0.25) is 0 Å². The number of aliphatic imine (C=N–C) groups is 1. The lowest BCUT2D eigenvalue weighted by Gasteiger charge is -2.32. The van der Waals surface area contributed by atoms with E-state index >= 15 is 0 Å². The summed E-state index contributed by atoms with van der Waals surface area (Å²) in [5.41, 5.74) is 1.21. The minimum absolute atomic E-state index is 0. The van der Waals surface area contributed by atoms with Crippen LogP contribution >= 0.6 is 24.0 Å². The molecule has 28 heavy (non-hydrogen) atoms. The number of anilines is 1. The maximum Gasteiger partial charge on any atom is 0.191 e. The number of nitrogens with zero attached hydrogens (tertiary/aromatic N) is 3. The predicted octanol–water partition coefficient (Wildman–Crippen LogP) is 3.95. The van der Waals surface area contributed by atoms with Crippen LogP contribution < -0.4 is 15.5 Å². The predicted molar refractivity (Wildman–Crippen MR) is 129 cm³/mol.